The third kappa shape index (κ3) is 4.49. The number of nitrogens with one attached hydrogen (secondary N) is 3. The number of carbonyl (C=O) groups excluding carboxylic acids is 2. The van der Waals surface area contributed by atoms with Gasteiger partial charge in [-0.05, 0) is 36.8 Å². The Balaban J connectivity index is 1.79. The second-order valence-electron chi connectivity index (χ2n) is 7.82. The van der Waals surface area contributed by atoms with Crippen LogP contribution in [0.2, 0.25) is 10.0 Å². The first kappa shape index (κ1) is 20.2. The molecule has 0 radical (unpaired) electrons. The Morgan fingerprint density at radius 3 is 2.44 bits per heavy atom. The van der Waals surface area contributed by atoms with Crippen LogP contribution in [0.3, 0.4) is 0 Å². The molecule has 0 unspecified atom stereocenters. The van der Waals surface area contributed by atoms with E-state index in [0.29, 0.717) is 6.42 Å². The van der Waals surface area contributed by atoms with Crippen LogP contribution in [-0.4, -0.2) is 24.0 Å². The van der Waals surface area contributed by atoms with Crippen molar-refractivity contribution in [2.75, 3.05) is 0 Å². The molecule has 0 aliphatic heterocycles. The monoisotopic (exact) mass is 415 g/mol. The van der Waals surface area contributed by atoms with Gasteiger partial charge in [0, 0.05) is 12.5 Å². The van der Waals surface area contributed by atoms with Crippen LogP contribution in [0.1, 0.15) is 57.6 Å². The molecule has 8 heteroatoms. The highest BCUT2D eigenvalue weighted by molar-refractivity contribution is 6.42. The summed E-state index contributed by atoms with van der Waals surface area (Å²) in [5, 5.41) is 8.93. The van der Waals surface area contributed by atoms with Crippen molar-refractivity contribution in [2.45, 2.75) is 64.1 Å². The van der Waals surface area contributed by atoms with Gasteiger partial charge in [-0.2, -0.15) is 0 Å². The standard InChI is InChI=1S/C19H24Cl2FN3O2/c1-10(26)23-13-9-14(13)24-18(27)25-17(19(2)7-3-4-8-19)15-12(22)6-5-11(20)16(15)21/h5-6,13-14,17H,3-4,7-9H2,1-2H3,(H,23,26)(H2,24,25,27)/t13-,14+,17-/m1/s1. The summed E-state index contributed by atoms with van der Waals surface area (Å²) in [6.07, 6.45) is 4.43. The van der Waals surface area contributed by atoms with Crippen molar-refractivity contribution in [3.8, 4) is 0 Å². The molecule has 27 heavy (non-hydrogen) atoms. The third-order valence-corrected chi connectivity index (χ3v) is 6.40. The van der Waals surface area contributed by atoms with E-state index >= 15 is 0 Å². The van der Waals surface area contributed by atoms with Gasteiger partial charge in [-0.3, -0.25) is 4.79 Å². The van der Waals surface area contributed by atoms with Crippen LogP contribution in [0.25, 0.3) is 0 Å². The summed E-state index contributed by atoms with van der Waals surface area (Å²) >= 11 is 12.4. The van der Waals surface area contributed by atoms with E-state index in [1.165, 1.54) is 19.1 Å². The zero-order valence-corrected chi connectivity index (χ0v) is 16.9. The number of halogens is 3. The van der Waals surface area contributed by atoms with Crippen molar-refractivity contribution in [1.29, 1.82) is 0 Å². The molecule has 0 aromatic heterocycles. The fourth-order valence-corrected chi connectivity index (χ4v) is 4.42. The Hall–Kier alpha value is -1.53. The zero-order valence-electron chi connectivity index (χ0n) is 15.4. The Morgan fingerprint density at radius 2 is 1.81 bits per heavy atom. The van der Waals surface area contributed by atoms with Crippen molar-refractivity contribution in [1.82, 2.24) is 16.0 Å². The van der Waals surface area contributed by atoms with Crippen LogP contribution in [0.4, 0.5) is 9.18 Å². The molecule has 1 aromatic rings. The zero-order chi connectivity index (χ0) is 19.8. The molecule has 2 aliphatic rings. The molecule has 148 valence electrons. The largest absolute Gasteiger partial charge is 0.351 e. The van der Waals surface area contributed by atoms with Crippen molar-refractivity contribution in [3.05, 3.63) is 33.6 Å². The molecule has 2 fully saturated rings. The third-order valence-electron chi connectivity index (χ3n) is 5.58. The first-order chi connectivity index (χ1) is 12.7. The summed E-state index contributed by atoms with van der Waals surface area (Å²) in [7, 11) is 0. The lowest BCUT2D eigenvalue weighted by Crippen LogP contribution is -2.46. The van der Waals surface area contributed by atoms with Crippen LogP contribution in [0, 0.1) is 11.2 Å². The van der Waals surface area contributed by atoms with Crippen LogP contribution >= 0.6 is 23.2 Å². The summed E-state index contributed by atoms with van der Waals surface area (Å²) in [5.41, 5.74) is -0.0782. The van der Waals surface area contributed by atoms with Gasteiger partial charge in [-0.25, -0.2) is 9.18 Å². The topological polar surface area (TPSA) is 70.2 Å². The van der Waals surface area contributed by atoms with Crippen molar-refractivity contribution < 1.29 is 14.0 Å². The van der Waals surface area contributed by atoms with Crippen molar-refractivity contribution >= 4 is 35.1 Å². The van der Waals surface area contributed by atoms with E-state index in [1.54, 1.807) is 0 Å². The molecule has 0 spiro atoms. The average molecular weight is 416 g/mol. The Morgan fingerprint density at radius 1 is 1.19 bits per heavy atom. The minimum absolute atomic E-state index is 0.0553. The molecule has 3 atom stereocenters. The van der Waals surface area contributed by atoms with E-state index in [4.69, 9.17) is 23.2 Å². The first-order valence-electron chi connectivity index (χ1n) is 9.19. The average Bonchev–Trinajstić information content (AvgIpc) is 3.12. The van der Waals surface area contributed by atoms with Crippen LogP contribution in [0.5, 0.6) is 0 Å². The predicted octanol–water partition coefficient (Wildman–Crippen LogP) is 4.33. The lowest BCUT2D eigenvalue weighted by molar-refractivity contribution is -0.119. The molecule has 0 bridgehead atoms. The molecule has 2 aliphatic carbocycles. The van der Waals surface area contributed by atoms with E-state index < -0.39 is 17.9 Å². The number of hydrogen-bond donors (Lipinski definition) is 3. The lowest BCUT2D eigenvalue weighted by atomic mass is 9.77. The maximum atomic E-state index is 14.7. The molecule has 1 aromatic carbocycles. The van der Waals surface area contributed by atoms with Gasteiger partial charge in [0.1, 0.15) is 5.82 Å². The molecule has 3 N–H and O–H groups in total. The van der Waals surface area contributed by atoms with Crippen molar-refractivity contribution in [3.63, 3.8) is 0 Å². The smallest absolute Gasteiger partial charge is 0.315 e. The van der Waals surface area contributed by atoms with Gasteiger partial charge in [-0.1, -0.05) is 43.0 Å². The molecular weight excluding hydrogens is 392 g/mol. The van der Waals surface area contributed by atoms with Crippen LogP contribution < -0.4 is 16.0 Å². The van der Waals surface area contributed by atoms with E-state index in [-0.39, 0.29) is 39.0 Å². The summed E-state index contributed by atoms with van der Waals surface area (Å²) in [6.45, 7) is 3.48. The number of amides is 3. The Kier molecular flexibility index (Phi) is 5.87. The van der Waals surface area contributed by atoms with Gasteiger partial charge >= 0.3 is 6.03 Å². The van der Waals surface area contributed by atoms with E-state index in [2.05, 4.69) is 16.0 Å². The molecular formula is C19H24Cl2FN3O2. The highest BCUT2D eigenvalue weighted by Crippen LogP contribution is 2.50. The van der Waals surface area contributed by atoms with Gasteiger partial charge < -0.3 is 16.0 Å². The van der Waals surface area contributed by atoms with Gasteiger partial charge in [0.15, 0.2) is 0 Å². The second-order valence-corrected chi connectivity index (χ2v) is 8.60. The first-order valence-corrected chi connectivity index (χ1v) is 9.94. The normalized spacial score (nSPS) is 24.2. The number of urea groups is 1. The van der Waals surface area contributed by atoms with Crippen LogP contribution in [0.15, 0.2) is 12.1 Å². The van der Waals surface area contributed by atoms with E-state index in [0.717, 1.165) is 25.7 Å². The molecule has 3 amide bonds. The van der Waals surface area contributed by atoms with Gasteiger partial charge in [-0.15, -0.1) is 0 Å². The summed E-state index contributed by atoms with van der Waals surface area (Å²) in [5.74, 6) is -0.612. The highest BCUT2D eigenvalue weighted by Gasteiger charge is 2.43. The van der Waals surface area contributed by atoms with Gasteiger partial charge in [0.25, 0.3) is 0 Å². The molecule has 0 heterocycles. The molecule has 0 saturated heterocycles. The molecule has 2 saturated carbocycles. The Labute approximate surface area is 168 Å². The minimum atomic E-state index is -0.593. The molecule has 3 rings (SSSR count). The van der Waals surface area contributed by atoms with E-state index in [9.17, 15) is 14.0 Å². The quantitative estimate of drug-likeness (QED) is 0.626. The number of hydrogen-bond acceptors (Lipinski definition) is 2. The predicted molar refractivity (Wildman–Crippen MR) is 103 cm³/mol. The Bertz CT molecular complexity index is 753. The fourth-order valence-electron chi connectivity index (χ4n) is 3.99. The number of rotatable bonds is 5. The number of benzene rings is 1. The van der Waals surface area contributed by atoms with Gasteiger partial charge in [0.05, 0.1) is 28.2 Å². The SMILES string of the molecule is CC(=O)N[C@@H]1C[C@@H]1NC(=O)N[C@H](c1c(F)ccc(Cl)c1Cl)C1(C)CCCC1. The molecule has 5 nitrogen and oxygen atoms in total. The lowest BCUT2D eigenvalue weighted by Gasteiger charge is -2.36. The van der Waals surface area contributed by atoms with E-state index in [1.807, 2.05) is 6.92 Å². The summed E-state index contributed by atoms with van der Waals surface area (Å²) in [4.78, 5) is 23.7. The van der Waals surface area contributed by atoms with Crippen molar-refractivity contribution in [2.24, 2.45) is 5.41 Å². The second kappa shape index (κ2) is 7.84. The minimum Gasteiger partial charge on any atom is -0.351 e. The highest BCUT2D eigenvalue weighted by atomic mass is 35.5. The van der Waals surface area contributed by atoms with Crippen LogP contribution in [-0.2, 0) is 4.79 Å². The van der Waals surface area contributed by atoms with Gasteiger partial charge in [0.2, 0.25) is 5.91 Å². The maximum Gasteiger partial charge on any atom is 0.315 e. The summed E-state index contributed by atoms with van der Waals surface area (Å²) in [6, 6.07) is 1.53. The summed E-state index contributed by atoms with van der Waals surface area (Å²) < 4.78 is 14.7. The maximum absolute atomic E-state index is 14.7. The fraction of sp³-hybridized carbons (Fsp3) is 0.579. The number of carbonyl (C=O) groups is 2.